The Labute approximate surface area is 132 Å². The smallest absolute Gasteiger partial charge is 0.362 e. The molecule has 2 rings (SSSR count). The highest BCUT2D eigenvalue weighted by Crippen LogP contribution is 2.38. The highest BCUT2D eigenvalue weighted by molar-refractivity contribution is 6.33. The van der Waals surface area contributed by atoms with Crippen LogP contribution in [0.15, 0.2) is 12.3 Å². The third-order valence-corrected chi connectivity index (χ3v) is 4.84. The molecule has 0 radical (unpaired) electrons. The molecule has 21 heavy (non-hydrogen) atoms. The molecule has 1 aromatic rings. The van der Waals surface area contributed by atoms with Crippen molar-refractivity contribution in [3.8, 4) is 0 Å². The average Bonchev–Trinajstić information content (AvgIpc) is 2.43. The number of aromatic nitrogens is 1. The van der Waals surface area contributed by atoms with E-state index in [1.807, 2.05) is 0 Å². The van der Waals surface area contributed by atoms with Crippen molar-refractivity contribution in [2.75, 3.05) is 11.2 Å². The minimum Gasteiger partial charge on any atom is -0.362 e. The molecule has 1 N–H and O–H groups in total. The number of anilines is 1. The maximum Gasteiger partial charge on any atom is 0.417 e. The lowest BCUT2D eigenvalue weighted by Crippen LogP contribution is -2.43. The van der Waals surface area contributed by atoms with Crippen LogP contribution in [0.4, 0.5) is 19.0 Å². The predicted octanol–water partition coefficient (Wildman–Crippen LogP) is 5.35. The van der Waals surface area contributed by atoms with Crippen molar-refractivity contribution in [1.82, 2.24) is 4.98 Å². The molecule has 0 amide bonds. The second-order valence-corrected chi connectivity index (χ2v) is 6.45. The van der Waals surface area contributed by atoms with Gasteiger partial charge < -0.3 is 5.32 Å². The van der Waals surface area contributed by atoms with Crippen molar-refractivity contribution in [3.05, 3.63) is 22.8 Å². The Morgan fingerprint density at radius 1 is 1.38 bits per heavy atom. The van der Waals surface area contributed by atoms with Gasteiger partial charge in [-0.1, -0.05) is 18.5 Å². The Hall–Kier alpha value is -0.680. The second kappa shape index (κ2) is 6.21. The van der Waals surface area contributed by atoms with E-state index in [2.05, 4.69) is 17.2 Å². The van der Waals surface area contributed by atoms with Gasteiger partial charge in [0.1, 0.15) is 5.82 Å². The van der Waals surface area contributed by atoms with E-state index in [1.165, 1.54) is 0 Å². The van der Waals surface area contributed by atoms with Gasteiger partial charge in [-0.05, 0) is 37.7 Å². The van der Waals surface area contributed by atoms with Gasteiger partial charge in [0.05, 0.1) is 16.1 Å². The SMILES string of the molecule is CC1CCC(CCl)(Nc2ncc(C(F)(F)F)cc2Cl)CC1. The first-order valence-electron chi connectivity index (χ1n) is 6.83. The molecule has 7 heteroatoms. The summed E-state index contributed by atoms with van der Waals surface area (Å²) < 4.78 is 37.8. The van der Waals surface area contributed by atoms with Gasteiger partial charge in [0.25, 0.3) is 0 Å². The van der Waals surface area contributed by atoms with E-state index in [0.29, 0.717) is 11.8 Å². The van der Waals surface area contributed by atoms with Gasteiger partial charge in [-0.3, -0.25) is 0 Å². The van der Waals surface area contributed by atoms with Gasteiger partial charge in [0.2, 0.25) is 0 Å². The largest absolute Gasteiger partial charge is 0.417 e. The van der Waals surface area contributed by atoms with E-state index < -0.39 is 11.7 Å². The highest BCUT2D eigenvalue weighted by atomic mass is 35.5. The molecule has 118 valence electrons. The van der Waals surface area contributed by atoms with Crippen LogP contribution in [0, 0.1) is 5.92 Å². The number of hydrogen-bond donors (Lipinski definition) is 1. The first-order valence-corrected chi connectivity index (χ1v) is 7.74. The average molecular weight is 341 g/mol. The molecule has 1 aliphatic rings. The summed E-state index contributed by atoms with van der Waals surface area (Å²) in [5.74, 6) is 1.28. The van der Waals surface area contributed by atoms with Crippen LogP contribution in [0.1, 0.15) is 38.2 Å². The Kier molecular flexibility index (Phi) is 4.93. The molecular weight excluding hydrogens is 324 g/mol. The molecule has 0 aliphatic heterocycles. The van der Waals surface area contributed by atoms with Crippen molar-refractivity contribution >= 4 is 29.0 Å². The Balaban J connectivity index is 2.19. The van der Waals surface area contributed by atoms with Crippen LogP contribution < -0.4 is 5.32 Å². The lowest BCUT2D eigenvalue weighted by molar-refractivity contribution is -0.137. The summed E-state index contributed by atoms with van der Waals surface area (Å²) in [4.78, 5) is 3.83. The molecule has 1 saturated carbocycles. The predicted molar refractivity (Wildman–Crippen MR) is 79.0 cm³/mol. The van der Waals surface area contributed by atoms with Gasteiger partial charge in [0, 0.05) is 12.1 Å². The fourth-order valence-corrected chi connectivity index (χ4v) is 3.09. The van der Waals surface area contributed by atoms with Gasteiger partial charge >= 0.3 is 6.18 Å². The number of hydrogen-bond acceptors (Lipinski definition) is 2. The molecule has 0 atom stereocenters. The lowest BCUT2D eigenvalue weighted by Gasteiger charge is -2.39. The van der Waals surface area contributed by atoms with Crippen LogP contribution in [0.2, 0.25) is 5.02 Å². The van der Waals surface area contributed by atoms with E-state index in [4.69, 9.17) is 23.2 Å². The number of alkyl halides is 4. The topological polar surface area (TPSA) is 24.9 Å². The normalized spacial score (nSPS) is 26.7. The van der Waals surface area contributed by atoms with Crippen molar-refractivity contribution in [2.24, 2.45) is 5.92 Å². The summed E-state index contributed by atoms with van der Waals surface area (Å²) in [6.45, 7) is 2.18. The number of nitrogens with one attached hydrogen (secondary N) is 1. The summed E-state index contributed by atoms with van der Waals surface area (Å²) in [5, 5.41) is 3.13. The van der Waals surface area contributed by atoms with E-state index >= 15 is 0 Å². The molecule has 0 spiro atoms. The molecule has 1 aliphatic carbocycles. The third-order valence-electron chi connectivity index (χ3n) is 4.04. The van der Waals surface area contributed by atoms with Crippen molar-refractivity contribution in [1.29, 1.82) is 0 Å². The summed E-state index contributed by atoms with van der Waals surface area (Å²) in [6, 6.07) is 0.893. The van der Waals surface area contributed by atoms with Gasteiger partial charge in [-0.25, -0.2) is 4.98 Å². The van der Waals surface area contributed by atoms with E-state index in [0.717, 1.165) is 37.9 Å². The Morgan fingerprint density at radius 2 is 2.00 bits per heavy atom. The van der Waals surface area contributed by atoms with Gasteiger partial charge in [-0.15, -0.1) is 11.6 Å². The fraction of sp³-hybridized carbons (Fsp3) is 0.643. The molecule has 1 aromatic heterocycles. The van der Waals surface area contributed by atoms with Crippen molar-refractivity contribution < 1.29 is 13.2 Å². The van der Waals surface area contributed by atoms with E-state index in [1.54, 1.807) is 0 Å². The first-order chi connectivity index (χ1) is 9.76. The van der Waals surface area contributed by atoms with Crippen molar-refractivity contribution in [2.45, 2.75) is 44.3 Å². The minimum atomic E-state index is -4.44. The first kappa shape index (κ1) is 16.7. The maximum absolute atomic E-state index is 12.6. The molecule has 2 nitrogen and oxygen atoms in total. The number of halogens is 5. The molecule has 1 fully saturated rings. The van der Waals surface area contributed by atoms with Crippen LogP contribution in [0.25, 0.3) is 0 Å². The number of nitrogens with zero attached hydrogens (tertiary/aromatic N) is 1. The monoisotopic (exact) mass is 340 g/mol. The van der Waals surface area contributed by atoms with E-state index in [9.17, 15) is 13.2 Å². The highest BCUT2D eigenvalue weighted by Gasteiger charge is 2.35. The quantitative estimate of drug-likeness (QED) is 0.750. The summed E-state index contributed by atoms with van der Waals surface area (Å²) >= 11 is 12.0. The van der Waals surface area contributed by atoms with Crippen LogP contribution in [-0.2, 0) is 6.18 Å². The van der Waals surface area contributed by atoms with Crippen LogP contribution in [-0.4, -0.2) is 16.4 Å². The zero-order chi connectivity index (χ0) is 15.7. The molecule has 0 aromatic carbocycles. The summed E-state index contributed by atoms with van der Waals surface area (Å²) in [5.41, 5.74) is -1.19. The van der Waals surface area contributed by atoms with Gasteiger partial charge in [-0.2, -0.15) is 13.2 Å². The fourth-order valence-electron chi connectivity index (χ4n) is 2.54. The van der Waals surface area contributed by atoms with Crippen LogP contribution in [0.3, 0.4) is 0 Å². The maximum atomic E-state index is 12.6. The summed E-state index contributed by atoms with van der Waals surface area (Å²) in [6.07, 6.45) is 0.116. The molecule has 1 heterocycles. The number of pyridine rings is 1. The molecule has 0 bridgehead atoms. The third kappa shape index (κ3) is 3.95. The lowest BCUT2D eigenvalue weighted by atomic mass is 9.78. The van der Waals surface area contributed by atoms with Crippen LogP contribution in [0.5, 0.6) is 0 Å². The standard InChI is InChI=1S/C14H17Cl2F3N2/c1-9-2-4-13(8-15,5-3-9)21-12-11(16)6-10(7-20-12)14(17,18)19/h6-7,9H,2-5,8H2,1H3,(H,20,21). The molecular formula is C14H17Cl2F3N2. The zero-order valence-electron chi connectivity index (χ0n) is 11.6. The summed E-state index contributed by atoms with van der Waals surface area (Å²) in [7, 11) is 0. The molecule has 0 saturated heterocycles. The van der Waals surface area contributed by atoms with Crippen LogP contribution >= 0.6 is 23.2 Å². The zero-order valence-corrected chi connectivity index (χ0v) is 13.1. The second-order valence-electron chi connectivity index (χ2n) is 5.77. The van der Waals surface area contributed by atoms with Gasteiger partial charge in [0.15, 0.2) is 0 Å². The Morgan fingerprint density at radius 3 is 2.48 bits per heavy atom. The van der Waals surface area contributed by atoms with E-state index in [-0.39, 0.29) is 16.4 Å². The molecule has 0 unspecified atom stereocenters. The Bertz CT molecular complexity index is 497. The number of rotatable bonds is 3. The van der Waals surface area contributed by atoms with Crippen molar-refractivity contribution in [3.63, 3.8) is 0 Å². The minimum absolute atomic E-state index is 0.0343.